The van der Waals surface area contributed by atoms with E-state index in [0.29, 0.717) is 17.7 Å². The Bertz CT molecular complexity index is 1400. The SMILES string of the molecule is O=C(NC1CCNC1)c1ccc(Nc2cnc(-c3ccc4c(c3)CNC4=O)n3ccnc23)cc1. The lowest BCUT2D eigenvalue weighted by Gasteiger charge is -2.13. The molecule has 9 nitrogen and oxygen atoms in total. The van der Waals surface area contributed by atoms with Crippen molar-refractivity contribution in [3.8, 4) is 11.4 Å². The lowest BCUT2D eigenvalue weighted by atomic mass is 10.1. The highest BCUT2D eigenvalue weighted by Crippen LogP contribution is 2.28. The molecule has 0 aliphatic carbocycles. The number of carbonyl (C=O) groups is 2. The molecule has 34 heavy (non-hydrogen) atoms. The minimum atomic E-state index is -0.0619. The van der Waals surface area contributed by atoms with Crippen molar-refractivity contribution in [1.29, 1.82) is 0 Å². The van der Waals surface area contributed by atoms with Crippen LogP contribution in [0.5, 0.6) is 0 Å². The van der Waals surface area contributed by atoms with Crippen LogP contribution in [0.3, 0.4) is 0 Å². The second-order valence-corrected chi connectivity index (χ2v) is 8.54. The minimum absolute atomic E-state index is 0.0409. The summed E-state index contributed by atoms with van der Waals surface area (Å²) in [5.41, 5.74) is 5.53. The van der Waals surface area contributed by atoms with Crippen LogP contribution in [-0.2, 0) is 6.54 Å². The molecular formula is C25H23N7O2. The second kappa shape index (κ2) is 8.27. The van der Waals surface area contributed by atoms with E-state index in [0.717, 1.165) is 53.5 Å². The molecule has 0 saturated carbocycles. The predicted molar refractivity (Wildman–Crippen MR) is 128 cm³/mol. The van der Waals surface area contributed by atoms with E-state index in [-0.39, 0.29) is 17.9 Å². The quantitative estimate of drug-likeness (QED) is 0.369. The van der Waals surface area contributed by atoms with Crippen LogP contribution in [-0.4, -0.2) is 45.3 Å². The summed E-state index contributed by atoms with van der Waals surface area (Å²) < 4.78 is 1.92. The molecule has 2 aromatic carbocycles. The van der Waals surface area contributed by atoms with Gasteiger partial charge in [0.1, 0.15) is 11.5 Å². The molecular weight excluding hydrogens is 430 g/mol. The Morgan fingerprint density at radius 3 is 2.82 bits per heavy atom. The number of imidazole rings is 1. The molecule has 1 unspecified atom stereocenters. The number of amides is 2. The number of fused-ring (bicyclic) bond motifs is 2. The fraction of sp³-hybridized carbons (Fsp3) is 0.200. The monoisotopic (exact) mass is 453 g/mol. The number of aromatic nitrogens is 3. The number of hydrogen-bond acceptors (Lipinski definition) is 6. The van der Waals surface area contributed by atoms with Crippen molar-refractivity contribution in [3.05, 3.63) is 77.7 Å². The average Bonchev–Trinajstić information content (AvgIpc) is 3.62. The van der Waals surface area contributed by atoms with Crippen molar-refractivity contribution in [1.82, 2.24) is 30.3 Å². The molecule has 2 aliphatic rings. The van der Waals surface area contributed by atoms with E-state index < -0.39 is 0 Å². The highest BCUT2D eigenvalue weighted by Gasteiger charge is 2.20. The first kappa shape index (κ1) is 20.4. The van der Waals surface area contributed by atoms with Crippen molar-refractivity contribution in [3.63, 3.8) is 0 Å². The van der Waals surface area contributed by atoms with Crippen LogP contribution in [0.15, 0.2) is 61.1 Å². The van der Waals surface area contributed by atoms with Gasteiger partial charge in [-0.15, -0.1) is 0 Å². The molecule has 4 heterocycles. The lowest BCUT2D eigenvalue weighted by molar-refractivity contribution is 0.0937. The van der Waals surface area contributed by atoms with Gasteiger partial charge in [0.2, 0.25) is 0 Å². The molecule has 0 spiro atoms. The first-order valence-corrected chi connectivity index (χ1v) is 11.3. The van der Waals surface area contributed by atoms with Crippen molar-refractivity contribution < 1.29 is 9.59 Å². The maximum absolute atomic E-state index is 12.5. The highest BCUT2D eigenvalue weighted by molar-refractivity contribution is 5.99. The standard InChI is InChI=1S/C25H23N7O2/c33-24(31-19-7-8-26-13-19)15-1-4-18(5-2-15)30-21-14-28-22(32-10-9-27-23(21)32)16-3-6-20-17(11-16)12-29-25(20)34/h1-6,9-11,14,19,26,30H,7-8,12-13H2,(H,29,34)(H,31,33). The van der Waals surface area contributed by atoms with Gasteiger partial charge in [0, 0.05) is 53.9 Å². The van der Waals surface area contributed by atoms with Gasteiger partial charge in [0.05, 0.1) is 6.20 Å². The summed E-state index contributed by atoms with van der Waals surface area (Å²) in [6.45, 7) is 2.28. The van der Waals surface area contributed by atoms with Crippen LogP contribution in [0, 0.1) is 0 Å². The summed E-state index contributed by atoms with van der Waals surface area (Å²) in [6, 6.07) is 13.3. The van der Waals surface area contributed by atoms with E-state index in [1.807, 2.05) is 53.1 Å². The van der Waals surface area contributed by atoms with Crippen LogP contribution in [0.2, 0.25) is 0 Å². The number of hydrogen-bond donors (Lipinski definition) is 4. The smallest absolute Gasteiger partial charge is 0.251 e. The summed E-state index contributed by atoms with van der Waals surface area (Å²) in [6.07, 6.45) is 6.30. The van der Waals surface area contributed by atoms with Gasteiger partial charge >= 0.3 is 0 Å². The van der Waals surface area contributed by atoms with E-state index in [1.54, 1.807) is 12.4 Å². The number of anilines is 2. The first-order chi connectivity index (χ1) is 16.7. The summed E-state index contributed by atoms with van der Waals surface area (Å²) in [7, 11) is 0. The van der Waals surface area contributed by atoms with Gasteiger partial charge in [-0.3, -0.25) is 14.0 Å². The fourth-order valence-corrected chi connectivity index (χ4v) is 4.50. The van der Waals surface area contributed by atoms with Gasteiger partial charge in [0.15, 0.2) is 5.65 Å². The van der Waals surface area contributed by atoms with Gasteiger partial charge in [-0.2, -0.15) is 0 Å². The van der Waals surface area contributed by atoms with Crippen molar-refractivity contribution in [2.24, 2.45) is 0 Å². The van der Waals surface area contributed by atoms with Crippen molar-refractivity contribution in [2.75, 3.05) is 18.4 Å². The molecule has 6 rings (SSSR count). The van der Waals surface area contributed by atoms with Gasteiger partial charge in [-0.05, 0) is 54.9 Å². The zero-order valence-electron chi connectivity index (χ0n) is 18.3. The Balaban J connectivity index is 1.24. The Hall–Kier alpha value is -4.24. The van der Waals surface area contributed by atoms with Gasteiger partial charge in [-0.25, -0.2) is 9.97 Å². The van der Waals surface area contributed by atoms with Crippen LogP contribution in [0.25, 0.3) is 17.0 Å². The summed E-state index contributed by atoms with van der Waals surface area (Å²) in [5.74, 6) is 0.641. The molecule has 4 N–H and O–H groups in total. The molecule has 1 fully saturated rings. The normalized spacial score (nSPS) is 16.9. The molecule has 2 aliphatic heterocycles. The van der Waals surface area contributed by atoms with Crippen LogP contribution in [0.4, 0.5) is 11.4 Å². The Kier molecular flexibility index (Phi) is 4.96. The fourth-order valence-electron chi connectivity index (χ4n) is 4.50. The van der Waals surface area contributed by atoms with Gasteiger partial charge in [0.25, 0.3) is 11.8 Å². The maximum Gasteiger partial charge on any atom is 0.251 e. The zero-order chi connectivity index (χ0) is 23.1. The molecule has 2 amide bonds. The summed E-state index contributed by atoms with van der Waals surface area (Å²) in [5, 5.41) is 12.5. The van der Waals surface area contributed by atoms with Crippen molar-refractivity contribution >= 4 is 28.8 Å². The van der Waals surface area contributed by atoms with E-state index >= 15 is 0 Å². The van der Waals surface area contributed by atoms with E-state index in [2.05, 4.69) is 31.2 Å². The van der Waals surface area contributed by atoms with Crippen LogP contribution in [0.1, 0.15) is 32.7 Å². The topological polar surface area (TPSA) is 112 Å². The largest absolute Gasteiger partial charge is 0.351 e. The molecule has 9 heteroatoms. The summed E-state index contributed by atoms with van der Waals surface area (Å²) in [4.78, 5) is 33.5. The average molecular weight is 454 g/mol. The predicted octanol–water partition coefficient (Wildman–Crippen LogP) is 2.47. The number of nitrogens with one attached hydrogen (secondary N) is 4. The Labute approximate surface area is 195 Å². The number of rotatable bonds is 5. The third-order valence-corrected chi connectivity index (χ3v) is 6.29. The zero-order valence-corrected chi connectivity index (χ0v) is 18.3. The Morgan fingerprint density at radius 1 is 1.12 bits per heavy atom. The van der Waals surface area contributed by atoms with Crippen LogP contribution < -0.4 is 21.3 Å². The third-order valence-electron chi connectivity index (χ3n) is 6.29. The molecule has 0 bridgehead atoms. The van der Waals surface area contributed by atoms with Gasteiger partial charge < -0.3 is 21.3 Å². The molecule has 2 aromatic heterocycles. The Morgan fingerprint density at radius 2 is 2.00 bits per heavy atom. The summed E-state index contributed by atoms with van der Waals surface area (Å²) >= 11 is 0. The molecule has 0 radical (unpaired) electrons. The number of carbonyl (C=O) groups excluding carboxylic acids is 2. The van der Waals surface area contributed by atoms with Crippen LogP contribution >= 0.6 is 0 Å². The molecule has 1 atom stereocenters. The number of benzene rings is 2. The first-order valence-electron chi connectivity index (χ1n) is 11.3. The van der Waals surface area contributed by atoms with Gasteiger partial charge in [-0.1, -0.05) is 6.07 Å². The van der Waals surface area contributed by atoms with E-state index in [9.17, 15) is 9.59 Å². The minimum Gasteiger partial charge on any atom is -0.351 e. The molecule has 4 aromatic rings. The molecule has 1 saturated heterocycles. The van der Waals surface area contributed by atoms with E-state index in [4.69, 9.17) is 0 Å². The van der Waals surface area contributed by atoms with Crippen molar-refractivity contribution in [2.45, 2.75) is 19.0 Å². The molecule has 170 valence electrons. The lowest BCUT2D eigenvalue weighted by Crippen LogP contribution is -2.36. The maximum atomic E-state index is 12.5. The third kappa shape index (κ3) is 3.65. The van der Waals surface area contributed by atoms with E-state index in [1.165, 1.54) is 0 Å². The highest BCUT2D eigenvalue weighted by atomic mass is 16.2. The second-order valence-electron chi connectivity index (χ2n) is 8.54. The number of nitrogens with zero attached hydrogens (tertiary/aromatic N) is 3.